The zero-order valence-electron chi connectivity index (χ0n) is 8.50. The number of rotatable bonds is 6. The molecule has 0 saturated carbocycles. The predicted octanol–water partition coefficient (Wildman–Crippen LogP) is 1.46. The first-order valence-corrected chi connectivity index (χ1v) is 4.67. The van der Waals surface area contributed by atoms with Crippen LogP contribution in [-0.4, -0.2) is 25.6 Å². The Morgan fingerprint density at radius 3 is 2.38 bits per heavy atom. The molecule has 0 saturated heterocycles. The van der Waals surface area contributed by atoms with E-state index >= 15 is 0 Å². The van der Waals surface area contributed by atoms with Crippen LogP contribution in [0.2, 0.25) is 12.6 Å². The van der Waals surface area contributed by atoms with Crippen LogP contribution in [0.4, 0.5) is 0 Å². The van der Waals surface area contributed by atoms with Crippen LogP contribution in [0.15, 0.2) is 0 Å². The third-order valence-electron chi connectivity index (χ3n) is 1.82. The van der Waals surface area contributed by atoms with Crippen molar-refractivity contribution in [1.29, 1.82) is 0 Å². The maximum absolute atomic E-state index is 11.3. The highest BCUT2D eigenvalue weighted by Gasteiger charge is 2.23. The first-order valence-electron chi connectivity index (χ1n) is 4.67. The van der Waals surface area contributed by atoms with Crippen LogP contribution in [0.3, 0.4) is 0 Å². The van der Waals surface area contributed by atoms with E-state index in [1.807, 2.05) is 6.92 Å². The highest BCUT2D eigenvalue weighted by molar-refractivity contribution is 6.52. The molecule has 13 heavy (non-hydrogen) atoms. The van der Waals surface area contributed by atoms with Crippen LogP contribution in [0.1, 0.15) is 26.7 Å². The molecule has 0 fully saturated rings. The molecule has 0 aromatic heterocycles. The second-order valence-corrected chi connectivity index (χ2v) is 2.81. The molecule has 0 amide bonds. The molecule has 0 aliphatic rings. The molecule has 4 heteroatoms. The van der Waals surface area contributed by atoms with Gasteiger partial charge in [-0.15, -0.1) is 0 Å². The average Bonchev–Trinajstić information content (AvgIpc) is 2.13. The van der Waals surface area contributed by atoms with Gasteiger partial charge in [0.05, 0.1) is 6.61 Å². The Labute approximate surface area is 80.1 Å². The van der Waals surface area contributed by atoms with Crippen molar-refractivity contribution < 1.29 is 14.3 Å². The van der Waals surface area contributed by atoms with E-state index in [0.717, 1.165) is 6.42 Å². The monoisotopic (exact) mass is 183 g/mol. The molecule has 0 aliphatic carbocycles. The Balaban J connectivity index is 4.11. The first-order chi connectivity index (χ1) is 6.17. The molecular formula is C9H16BO3. The van der Waals surface area contributed by atoms with Crippen LogP contribution >= 0.6 is 0 Å². The molecule has 0 spiro atoms. The van der Waals surface area contributed by atoms with Crippen LogP contribution in [0, 0.1) is 0 Å². The molecule has 1 atom stereocenters. The van der Waals surface area contributed by atoms with Crippen LogP contribution < -0.4 is 0 Å². The Morgan fingerprint density at radius 2 is 2.00 bits per heavy atom. The summed E-state index contributed by atoms with van der Waals surface area (Å²) < 4.78 is 4.62. The number of hydrogen-bond donors (Lipinski definition) is 0. The fourth-order valence-electron chi connectivity index (χ4n) is 1.11. The van der Waals surface area contributed by atoms with E-state index in [1.54, 1.807) is 21.0 Å². The topological polar surface area (TPSA) is 43.4 Å². The van der Waals surface area contributed by atoms with E-state index in [1.165, 1.54) is 0 Å². The number of carbonyl (C=O) groups is 2. The molecule has 0 bridgehead atoms. The summed E-state index contributed by atoms with van der Waals surface area (Å²) in [4.78, 5) is 22.4. The molecule has 0 N–H and O–H groups in total. The van der Waals surface area contributed by atoms with Gasteiger partial charge in [-0.25, -0.2) is 4.79 Å². The Hall–Kier alpha value is -0.795. The minimum absolute atomic E-state index is 0.257. The van der Waals surface area contributed by atoms with E-state index < -0.39 is 11.8 Å². The van der Waals surface area contributed by atoms with Crippen molar-refractivity contribution in [2.75, 3.05) is 6.61 Å². The molecule has 73 valence electrons. The van der Waals surface area contributed by atoms with Crippen molar-refractivity contribution in [3.8, 4) is 0 Å². The summed E-state index contributed by atoms with van der Waals surface area (Å²) in [6, 6.07) is 0. The number of esters is 1. The molecule has 1 radical (unpaired) electrons. The molecule has 0 heterocycles. The number of ketones is 1. The molecule has 0 aromatic carbocycles. The summed E-state index contributed by atoms with van der Waals surface area (Å²) >= 11 is 0. The normalized spacial score (nSPS) is 11.9. The van der Waals surface area contributed by atoms with Crippen molar-refractivity contribution >= 4 is 19.0 Å². The molecule has 1 unspecified atom stereocenters. The molecule has 0 aromatic rings. The Morgan fingerprint density at radius 1 is 1.38 bits per heavy atom. The Bertz CT molecular complexity index is 180. The van der Waals surface area contributed by atoms with E-state index in [2.05, 4.69) is 4.74 Å². The van der Waals surface area contributed by atoms with Gasteiger partial charge in [0.1, 0.15) is 7.28 Å². The standard InChI is InChI=1S/C9H16BO3/c1-4-6-7(10-3)8(11)9(12)13-5-2/h7H,4-6H2,1-3H3. The van der Waals surface area contributed by atoms with E-state index in [4.69, 9.17) is 0 Å². The third-order valence-corrected chi connectivity index (χ3v) is 1.82. The fourth-order valence-corrected chi connectivity index (χ4v) is 1.11. The zero-order valence-corrected chi connectivity index (χ0v) is 8.50. The average molecular weight is 183 g/mol. The van der Waals surface area contributed by atoms with E-state index in [-0.39, 0.29) is 12.4 Å². The summed E-state index contributed by atoms with van der Waals surface area (Å²) in [6.07, 6.45) is 1.61. The van der Waals surface area contributed by atoms with Crippen molar-refractivity contribution in [2.24, 2.45) is 0 Å². The minimum atomic E-state index is -0.709. The summed E-state index contributed by atoms with van der Waals surface area (Å²) in [5, 5.41) is 0. The van der Waals surface area contributed by atoms with Crippen molar-refractivity contribution in [2.45, 2.75) is 39.3 Å². The van der Waals surface area contributed by atoms with Gasteiger partial charge >= 0.3 is 5.97 Å². The maximum Gasteiger partial charge on any atom is 0.374 e. The van der Waals surface area contributed by atoms with Gasteiger partial charge in [-0.05, 0) is 12.7 Å². The fraction of sp³-hybridized carbons (Fsp3) is 0.778. The molecule has 0 rings (SSSR count). The molecule has 0 aliphatic heterocycles. The first kappa shape index (κ1) is 12.2. The third kappa shape index (κ3) is 4.11. The van der Waals surface area contributed by atoms with Crippen LogP contribution in [0.5, 0.6) is 0 Å². The van der Waals surface area contributed by atoms with Gasteiger partial charge in [0.2, 0.25) is 5.78 Å². The SMILES string of the molecule is C[B]C(CCC)C(=O)C(=O)OCC. The van der Waals surface area contributed by atoms with Gasteiger partial charge in [0, 0.05) is 0 Å². The highest BCUT2D eigenvalue weighted by Crippen LogP contribution is 2.13. The summed E-state index contributed by atoms with van der Waals surface area (Å²) in [6.45, 7) is 5.72. The van der Waals surface area contributed by atoms with Crippen molar-refractivity contribution in [1.82, 2.24) is 0 Å². The van der Waals surface area contributed by atoms with E-state index in [9.17, 15) is 9.59 Å². The number of hydrogen-bond acceptors (Lipinski definition) is 3. The van der Waals surface area contributed by atoms with Gasteiger partial charge in [-0.1, -0.05) is 26.6 Å². The lowest BCUT2D eigenvalue weighted by Crippen LogP contribution is -2.24. The minimum Gasteiger partial charge on any atom is -0.460 e. The van der Waals surface area contributed by atoms with Gasteiger partial charge in [0.15, 0.2) is 0 Å². The summed E-state index contributed by atoms with van der Waals surface area (Å²) in [5.74, 6) is -1.41. The lowest BCUT2D eigenvalue weighted by molar-refractivity contribution is -0.153. The summed E-state index contributed by atoms with van der Waals surface area (Å²) in [5.41, 5.74) is 0. The van der Waals surface area contributed by atoms with Crippen LogP contribution in [-0.2, 0) is 14.3 Å². The van der Waals surface area contributed by atoms with E-state index in [0.29, 0.717) is 6.42 Å². The maximum atomic E-state index is 11.3. The molecular weight excluding hydrogens is 167 g/mol. The van der Waals surface area contributed by atoms with Gasteiger partial charge in [-0.3, -0.25) is 4.79 Å². The van der Waals surface area contributed by atoms with Crippen molar-refractivity contribution in [3.63, 3.8) is 0 Å². The lowest BCUT2D eigenvalue weighted by atomic mass is 9.63. The second kappa shape index (κ2) is 6.69. The lowest BCUT2D eigenvalue weighted by Gasteiger charge is -2.09. The van der Waals surface area contributed by atoms with Gasteiger partial charge < -0.3 is 4.74 Å². The smallest absolute Gasteiger partial charge is 0.374 e. The second-order valence-electron chi connectivity index (χ2n) is 2.81. The number of Topliss-reactive ketones (excluding diaryl/α,β-unsaturated/α-hetero) is 1. The quantitative estimate of drug-likeness (QED) is 0.355. The van der Waals surface area contributed by atoms with Gasteiger partial charge in [-0.2, -0.15) is 0 Å². The number of ether oxygens (including phenoxy) is 1. The highest BCUT2D eigenvalue weighted by atomic mass is 16.5. The number of carbonyl (C=O) groups excluding carboxylic acids is 2. The molecule has 3 nitrogen and oxygen atoms in total. The van der Waals surface area contributed by atoms with Gasteiger partial charge in [0.25, 0.3) is 0 Å². The van der Waals surface area contributed by atoms with Crippen molar-refractivity contribution in [3.05, 3.63) is 0 Å². The largest absolute Gasteiger partial charge is 0.460 e. The summed E-state index contributed by atoms with van der Waals surface area (Å²) in [7, 11) is 1.75. The Kier molecular flexibility index (Phi) is 6.28. The van der Waals surface area contributed by atoms with Crippen LogP contribution in [0.25, 0.3) is 0 Å². The zero-order chi connectivity index (χ0) is 10.3. The predicted molar refractivity (Wildman–Crippen MR) is 51.9 cm³/mol.